The predicted molar refractivity (Wildman–Crippen MR) is 161 cm³/mol. The molecule has 0 saturated heterocycles. The van der Waals surface area contributed by atoms with E-state index in [1.165, 1.54) is 5.56 Å². The van der Waals surface area contributed by atoms with Crippen molar-refractivity contribution in [3.63, 3.8) is 0 Å². The van der Waals surface area contributed by atoms with E-state index in [9.17, 15) is 10.1 Å². The fourth-order valence-electron chi connectivity index (χ4n) is 5.25. The van der Waals surface area contributed by atoms with Crippen LogP contribution in [-0.4, -0.2) is 5.97 Å². The Morgan fingerprint density at radius 2 is 1.69 bits per heavy atom. The molecule has 0 aliphatic carbocycles. The molecular formula is C36H28N2O4. The number of nitriles is 1. The van der Waals surface area contributed by atoms with Gasteiger partial charge in [0.05, 0.1) is 12.3 Å². The van der Waals surface area contributed by atoms with Gasteiger partial charge in [-0.25, -0.2) is 0 Å². The van der Waals surface area contributed by atoms with Gasteiger partial charge in [0.25, 0.3) is 0 Å². The third kappa shape index (κ3) is 5.54. The molecule has 206 valence electrons. The lowest BCUT2D eigenvalue weighted by Crippen LogP contribution is -2.21. The summed E-state index contributed by atoms with van der Waals surface area (Å²) in [6.07, 6.45) is 0.123. The van der Waals surface area contributed by atoms with Crippen molar-refractivity contribution in [3.05, 3.63) is 148 Å². The first kappa shape index (κ1) is 26.7. The molecule has 6 heteroatoms. The molecule has 2 N–H and O–H groups in total. The zero-order valence-electron chi connectivity index (χ0n) is 23.0. The van der Waals surface area contributed by atoms with Gasteiger partial charge in [-0.2, -0.15) is 5.26 Å². The molecule has 1 aliphatic rings. The fraction of sp³-hybridized carbons (Fsp3) is 0.111. The number of fused-ring (bicyclic) bond motifs is 2. The molecule has 1 heterocycles. The highest BCUT2D eigenvalue weighted by Gasteiger charge is 2.31. The second kappa shape index (κ2) is 11.5. The molecular weight excluding hydrogens is 524 g/mol. The molecule has 0 spiro atoms. The van der Waals surface area contributed by atoms with Crippen molar-refractivity contribution in [2.75, 3.05) is 0 Å². The summed E-state index contributed by atoms with van der Waals surface area (Å²) in [6, 6.07) is 37.0. The Labute approximate surface area is 244 Å². The minimum atomic E-state index is -0.470. The Kier molecular flexibility index (Phi) is 7.32. The number of nitrogens with zero attached hydrogens (tertiary/aromatic N) is 1. The molecule has 0 aromatic heterocycles. The van der Waals surface area contributed by atoms with Crippen molar-refractivity contribution in [2.45, 2.75) is 25.9 Å². The molecule has 6 rings (SSSR count). The lowest BCUT2D eigenvalue weighted by Gasteiger charge is -2.27. The Hall–Kier alpha value is -5.54. The van der Waals surface area contributed by atoms with E-state index in [0.717, 1.165) is 33.0 Å². The molecule has 6 nitrogen and oxygen atoms in total. The van der Waals surface area contributed by atoms with Crippen molar-refractivity contribution in [1.82, 2.24) is 0 Å². The lowest BCUT2D eigenvalue weighted by atomic mass is 9.83. The van der Waals surface area contributed by atoms with Gasteiger partial charge in [0.15, 0.2) is 0 Å². The number of carbonyl (C=O) groups excluding carboxylic acids is 1. The van der Waals surface area contributed by atoms with Gasteiger partial charge in [0, 0.05) is 11.6 Å². The number of nitrogens with two attached hydrogens (primary N) is 1. The molecule has 0 bridgehead atoms. The Morgan fingerprint density at radius 1 is 0.905 bits per heavy atom. The van der Waals surface area contributed by atoms with E-state index in [-0.39, 0.29) is 12.3 Å². The van der Waals surface area contributed by atoms with Crippen LogP contribution in [0.4, 0.5) is 0 Å². The van der Waals surface area contributed by atoms with Crippen molar-refractivity contribution in [3.8, 4) is 23.3 Å². The van der Waals surface area contributed by atoms with E-state index in [0.29, 0.717) is 29.4 Å². The number of benzene rings is 5. The Morgan fingerprint density at radius 3 is 2.52 bits per heavy atom. The number of ether oxygens (including phenoxy) is 3. The van der Waals surface area contributed by atoms with Gasteiger partial charge in [0.1, 0.15) is 35.5 Å². The fourth-order valence-corrected chi connectivity index (χ4v) is 5.25. The van der Waals surface area contributed by atoms with Crippen LogP contribution in [0.5, 0.6) is 17.2 Å². The molecule has 1 aliphatic heterocycles. The summed E-state index contributed by atoms with van der Waals surface area (Å²) in [7, 11) is 0. The lowest BCUT2D eigenvalue weighted by molar-refractivity contribution is -0.133. The zero-order valence-corrected chi connectivity index (χ0v) is 23.0. The largest absolute Gasteiger partial charge is 0.489 e. The second-order valence-corrected chi connectivity index (χ2v) is 10.3. The molecule has 0 saturated carbocycles. The standard InChI is InChI=1S/C36H28N2O4/c1-23-12-14-24(15-13-23)22-40-28-10-5-9-27(18-28)35-31-17-16-29(20-33(31)42-36(38)32(35)21-37)41-34(39)19-26-8-4-7-25-6-2-3-11-30(25)26/h2-18,20,35H,19,22,38H2,1H3. The van der Waals surface area contributed by atoms with Gasteiger partial charge in [-0.05, 0) is 52.6 Å². The highest BCUT2D eigenvalue weighted by molar-refractivity contribution is 5.89. The van der Waals surface area contributed by atoms with Crippen molar-refractivity contribution in [1.29, 1.82) is 5.26 Å². The highest BCUT2D eigenvalue weighted by atomic mass is 16.5. The molecule has 5 aromatic carbocycles. The normalized spacial score (nSPS) is 14.0. The number of aryl methyl sites for hydroxylation is 1. The summed E-state index contributed by atoms with van der Waals surface area (Å²) in [5.74, 6) is 0.593. The quantitative estimate of drug-likeness (QED) is 0.171. The van der Waals surface area contributed by atoms with Crippen LogP contribution in [0.25, 0.3) is 10.8 Å². The van der Waals surface area contributed by atoms with Gasteiger partial charge in [0.2, 0.25) is 5.88 Å². The van der Waals surface area contributed by atoms with Gasteiger partial charge in [-0.1, -0.05) is 90.5 Å². The SMILES string of the molecule is Cc1ccc(COc2cccc(C3C(C#N)=C(N)Oc4cc(OC(=O)Cc5cccc6ccccc56)ccc43)c2)cc1. The molecule has 0 radical (unpaired) electrons. The smallest absolute Gasteiger partial charge is 0.315 e. The third-order valence-corrected chi connectivity index (χ3v) is 7.35. The van der Waals surface area contributed by atoms with Crippen LogP contribution < -0.4 is 19.9 Å². The van der Waals surface area contributed by atoms with Crippen LogP contribution in [-0.2, 0) is 17.8 Å². The number of hydrogen-bond donors (Lipinski definition) is 1. The molecule has 5 aromatic rings. The van der Waals surface area contributed by atoms with Gasteiger partial charge in [-0.15, -0.1) is 0 Å². The zero-order chi connectivity index (χ0) is 29.1. The van der Waals surface area contributed by atoms with Crippen LogP contribution in [0, 0.1) is 18.3 Å². The van der Waals surface area contributed by atoms with Crippen LogP contribution in [0.2, 0.25) is 0 Å². The van der Waals surface area contributed by atoms with E-state index in [1.807, 2.05) is 91.9 Å². The number of allylic oxidation sites excluding steroid dienone is 1. The first-order valence-corrected chi connectivity index (χ1v) is 13.7. The highest BCUT2D eigenvalue weighted by Crippen LogP contribution is 2.44. The van der Waals surface area contributed by atoms with E-state index < -0.39 is 11.9 Å². The van der Waals surface area contributed by atoms with E-state index in [4.69, 9.17) is 19.9 Å². The Bertz CT molecular complexity index is 1860. The minimum Gasteiger partial charge on any atom is -0.489 e. The second-order valence-electron chi connectivity index (χ2n) is 10.3. The topological polar surface area (TPSA) is 94.6 Å². The number of rotatable bonds is 7. The summed E-state index contributed by atoms with van der Waals surface area (Å²) < 4.78 is 17.6. The van der Waals surface area contributed by atoms with Crippen LogP contribution in [0.15, 0.2) is 121 Å². The molecule has 0 fully saturated rings. The van der Waals surface area contributed by atoms with E-state index >= 15 is 0 Å². The van der Waals surface area contributed by atoms with Crippen LogP contribution in [0.3, 0.4) is 0 Å². The van der Waals surface area contributed by atoms with Gasteiger partial charge < -0.3 is 19.9 Å². The van der Waals surface area contributed by atoms with Crippen molar-refractivity contribution in [2.24, 2.45) is 5.73 Å². The maximum Gasteiger partial charge on any atom is 0.315 e. The summed E-state index contributed by atoms with van der Waals surface area (Å²) in [5, 5.41) is 12.1. The number of esters is 1. The summed E-state index contributed by atoms with van der Waals surface area (Å²) >= 11 is 0. The van der Waals surface area contributed by atoms with Crippen molar-refractivity contribution < 1.29 is 19.0 Å². The third-order valence-electron chi connectivity index (χ3n) is 7.35. The van der Waals surface area contributed by atoms with Gasteiger partial charge in [-0.3, -0.25) is 4.79 Å². The molecule has 1 unspecified atom stereocenters. The van der Waals surface area contributed by atoms with Crippen LogP contribution >= 0.6 is 0 Å². The maximum absolute atomic E-state index is 12.9. The molecule has 42 heavy (non-hydrogen) atoms. The first-order chi connectivity index (χ1) is 20.5. The molecule has 1 atom stereocenters. The number of carbonyl (C=O) groups is 1. The predicted octanol–water partition coefficient (Wildman–Crippen LogP) is 7.09. The Balaban J connectivity index is 1.23. The summed E-state index contributed by atoms with van der Waals surface area (Å²) in [4.78, 5) is 12.9. The first-order valence-electron chi connectivity index (χ1n) is 13.7. The number of hydrogen-bond acceptors (Lipinski definition) is 6. The maximum atomic E-state index is 12.9. The average molecular weight is 553 g/mol. The summed E-state index contributed by atoms with van der Waals surface area (Å²) in [6.45, 7) is 2.47. The monoisotopic (exact) mass is 552 g/mol. The van der Waals surface area contributed by atoms with Crippen molar-refractivity contribution >= 4 is 16.7 Å². The van der Waals surface area contributed by atoms with Crippen LogP contribution in [0.1, 0.15) is 33.7 Å². The summed E-state index contributed by atoms with van der Waals surface area (Å²) in [5.41, 5.74) is 11.2. The molecule has 0 amide bonds. The minimum absolute atomic E-state index is 0.0141. The average Bonchev–Trinajstić information content (AvgIpc) is 3.00. The van der Waals surface area contributed by atoms with E-state index in [1.54, 1.807) is 12.1 Å². The van der Waals surface area contributed by atoms with Gasteiger partial charge >= 0.3 is 5.97 Å². The van der Waals surface area contributed by atoms with E-state index in [2.05, 4.69) is 18.2 Å².